The molecule has 0 atom stereocenters. The molecule has 1 aromatic heterocycles. The van der Waals surface area contributed by atoms with E-state index in [1.54, 1.807) is 11.4 Å². The molecule has 0 spiro atoms. The highest BCUT2D eigenvalue weighted by molar-refractivity contribution is 7.10. The van der Waals surface area contributed by atoms with Gasteiger partial charge in [-0.25, -0.2) is 0 Å². The lowest BCUT2D eigenvalue weighted by Gasteiger charge is -2.04. The molecule has 1 amide bonds. The Bertz CT molecular complexity index is 445. The number of carbonyl (C=O) groups is 1. The van der Waals surface area contributed by atoms with Crippen LogP contribution in [-0.4, -0.2) is 37.4 Å². The molecule has 0 aliphatic carbocycles. The third kappa shape index (κ3) is 6.39. The zero-order valence-corrected chi connectivity index (χ0v) is 11.9. The van der Waals surface area contributed by atoms with E-state index in [1.807, 2.05) is 0 Å². The van der Waals surface area contributed by atoms with E-state index in [0.717, 1.165) is 24.3 Å². The minimum atomic E-state index is -0.169. The standard InChI is InChI=1S/C14H19NO3S/c1-2-8-18-9-4-6-15-14(17)12-10-13(19-11-12)5-3-7-16/h10-11,16H,2,4,6-9H2,1H3,(H,15,17). The summed E-state index contributed by atoms with van der Waals surface area (Å²) in [6, 6.07) is 1.73. The second-order valence-electron chi connectivity index (χ2n) is 3.88. The van der Waals surface area contributed by atoms with Gasteiger partial charge in [-0.05, 0) is 18.9 Å². The van der Waals surface area contributed by atoms with Crippen molar-refractivity contribution in [1.29, 1.82) is 0 Å². The van der Waals surface area contributed by atoms with E-state index in [1.165, 1.54) is 11.3 Å². The second kappa shape index (κ2) is 9.56. The number of carbonyl (C=O) groups excluding carboxylic acids is 1. The van der Waals surface area contributed by atoms with Gasteiger partial charge in [0.15, 0.2) is 0 Å². The predicted molar refractivity (Wildman–Crippen MR) is 76.3 cm³/mol. The van der Waals surface area contributed by atoms with Gasteiger partial charge in [-0.3, -0.25) is 4.79 Å². The molecule has 19 heavy (non-hydrogen) atoms. The van der Waals surface area contributed by atoms with Crippen LogP contribution in [0.5, 0.6) is 0 Å². The van der Waals surface area contributed by atoms with E-state index in [0.29, 0.717) is 18.7 Å². The summed E-state index contributed by atoms with van der Waals surface area (Å²) in [5, 5.41) is 13.2. The molecule has 0 radical (unpaired) electrons. The number of rotatable bonds is 7. The first kappa shape index (κ1) is 15.7. The Balaban J connectivity index is 2.27. The van der Waals surface area contributed by atoms with Crippen molar-refractivity contribution >= 4 is 17.2 Å². The topological polar surface area (TPSA) is 58.6 Å². The highest BCUT2D eigenvalue weighted by Crippen LogP contribution is 2.13. The number of aliphatic hydroxyl groups excluding tert-OH is 1. The lowest BCUT2D eigenvalue weighted by Crippen LogP contribution is -2.24. The van der Waals surface area contributed by atoms with Crippen molar-refractivity contribution in [3.63, 3.8) is 0 Å². The average molecular weight is 281 g/mol. The van der Waals surface area contributed by atoms with Gasteiger partial charge in [0.05, 0.1) is 10.4 Å². The average Bonchev–Trinajstić information content (AvgIpc) is 2.89. The lowest BCUT2D eigenvalue weighted by atomic mass is 10.3. The highest BCUT2D eigenvalue weighted by atomic mass is 32.1. The van der Waals surface area contributed by atoms with E-state index in [4.69, 9.17) is 9.84 Å². The summed E-state index contributed by atoms with van der Waals surface area (Å²) in [5.41, 5.74) is 0.613. The summed E-state index contributed by atoms with van der Waals surface area (Å²) in [6.07, 6.45) is 1.83. The Hall–Kier alpha value is -1.35. The molecule has 1 heterocycles. The zero-order valence-electron chi connectivity index (χ0n) is 11.1. The third-order valence-electron chi connectivity index (χ3n) is 2.25. The largest absolute Gasteiger partial charge is 0.384 e. The van der Waals surface area contributed by atoms with Gasteiger partial charge in [-0.2, -0.15) is 0 Å². The Labute approximate surface area is 117 Å². The summed E-state index contributed by atoms with van der Waals surface area (Å²) in [5.74, 6) is 5.24. The van der Waals surface area contributed by atoms with Gasteiger partial charge in [0, 0.05) is 25.1 Å². The maximum atomic E-state index is 11.8. The van der Waals surface area contributed by atoms with Crippen LogP contribution >= 0.6 is 11.3 Å². The molecule has 2 N–H and O–H groups in total. The Morgan fingerprint density at radius 2 is 2.37 bits per heavy atom. The Morgan fingerprint density at radius 1 is 1.53 bits per heavy atom. The van der Waals surface area contributed by atoms with Crippen LogP contribution in [0.2, 0.25) is 0 Å². The van der Waals surface area contributed by atoms with Crippen LogP contribution in [0, 0.1) is 11.8 Å². The molecule has 0 unspecified atom stereocenters. The van der Waals surface area contributed by atoms with E-state index in [-0.39, 0.29) is 12.5 Å². The maximum Gasteiger partial charge on any atom is 0.252 e. The Kier molecular flexibility index (Phi) is 7.91. The third-order valence-corrected chi connectivity index (χ3v) is 3.10. The summed E-state index contributed by atoms with van der Waals surface area (Å²) in [7, 11) is 0. The fourth-order valence-electron chi connectivity index (χ4n) is 1.37. The van der Waals surface area contributed by atoms with Crippen molar-refractivity contribution in [3.05, 3.63) is 21.9 Å². The molecule has 0 aliphatic heterocycles. The molecule has 0 saturated heterocycles. The molecule has 1 rings (SSSR count). The van der Waals surface area contributed by atoms with Crippen molar-refractivity contribution in [2.75, 3.05) is 26.4 Å². The van der Waals surface area contributed by atoms with Gasteiger partial charge >= 0.3 is 0 Å². The fraction of sp³-hybridized carbons (Fsp3) is 0.500. The summed E-state index contributed by atoms with van der Waals surface area (Å²) < 4.78 is 5.33. The number of hydrogen-bond acceptors (Lipinski definition) is 4. The number of nitrogens with one attached hydrogen (secondary N) is 1. The van der Waals surface area contributed by atoms with E-state index < -0.39 is 0 Å². The highest BCUT2D eigenvalue weighted by Gasteiger charge is 2.06. The van der Waals surface area contributed by atoms with E-state index in [9.17, 15) is 4.79 Å². The molecular weight excluding hydrogens is 262 g/mol. The van der Waals surface area contributed by atoms with Crippen molar-refractivity contribution in [2.24, 2.45) is 0 Å². The van der Waals surface area contributed by atoms with Crippen LogP contribution < -0.4 is 5.32 Å². The molecule has 5 heteroatoms. The second-order valence-corrected chi connectivity index (χ2v) is 4.79. The van der Waals surface area contributed by atoms with Crippen molar-refractivity contribution in [3.8, 4) is 11.8 Å². The van der Waals surface area contributed by atoms with E-state index in [2.05, 4.69) is 24.1 Å². The van der Waals surface area contributed by atoms with Gasteiger partial charge in [0.2, 0.25) is 0 Å². The number of amides is 1. The molecular formula is C14H19NO3S. The molecule has 0 aliphatic rings. The number of thiophene rings is 1. The van der Waals surface area contributed by atoms with Gasteiger partial charge in [0.1, 0.15) is 6.61 Å². The predicted octanol–water partition coefficient (Wildman–Crippen LogP) is 1.64. The molecule has 0 aromatic carbocycles. The van der Waals surface area contributed by atoms with Gasteiger partial charge in [-0.1, -0.05) is 18.8 Å². The van der Waals surface area contributed by atoms with Crippen LogP contribution in [0.4, 0.5) is 0 Å². The van der Waals surface area contributed by atoms with Crippen molar-refractivity contribution in [1.82, 2.24) is 5.32 Å². The summed E-state index contributed by atoms with van der Waals surface area (Å²) in [4.78, 5) is 12.6. The Morgan fingerprint density at radius 3 is 3.11 bits per heavy atom. The first-order chi connectivity index (χ1) is 9.27. The van der Waals surface area contributed by atoms with Gasteiger partial charge in [0.25, 0.3) is 5.91 Å². The smallest absolute Gasteiger partial charge is 0.252 e. The first-order valence-electron chi connectivity index (χ1n) is 6.32. The van der Waals surface area contributed by atoms with Gasteiger partial charge in [-0.15, -0.1) is 11.3 Å². The van der Waals surface area contributed by atoms with Crippen molar-refractivity contribution < 1.29 is 14.6 Å². The molecule has 0 bridgehead atoms. The first-order valence-corrected chi connectivity index (χ1v) is 7.20. The summed E-state index contributed by atoms with van der Waals surface area (Å²) in [6.45, 7) is 3.94. The van der Waals surface area contributed by atoms with Crippen LogP contribution in [0.3, 0.4) is 0 Å². The zero-order chi connectivity index (χ0) is 13.9. The normalized spacial score (nSPS) is 9.79. The number of ether oxygens (including phenoxy) is 1. The van der Waals surface area contributed by atoms with Gasteiger partial charge < -0.3 is 15.2 Å². The lowest BCUT2D eigenvalue weighted by molar-refractivity contribution is 0.0942. The minimum absolute atomic E-state index is 0.0937. The minimum Gasteiger partial charge on any atom is -0.384 e. The summed E-state index contributed by atoms with van der Waals surface area (Å²) >= 11 is 1.40. The quantitative estimate of drug-likeness (QED) is 0.590. The van der Waals surface area contributed by atoms with Crippen molar-refractivity contribution in [2.45, 2.75) is 19.8 Å². The molecule has 1 aromatic rings. The van der Waals surface area contributed by atoms with Crippen LogP contribution in [0.15, 0.2) is 11.4 Å². The van der Waals surface area contributed by atoms with Crippen LogP contribution in [0.25, 0.3) is 0 Å². The maximum absolute atomic E-state index is 11.8. The number of aliphatic hydroxyl groups is 1. The monoisotopic (exact) mass is 281 g/mol. The SMILES string of the molecule is CCCOCCCNC(=O)c1csc(C#CCO)c1. The molecule has 0 fully saturated rings. The molecule has 4 nitrogen and oxygen atoms in total. The number of hydrogen-bond donors (Lipinski definition) is 2. The van der Waals surface area contributed by atoms with Crippen LogP contribution in [-0.2, 0) is 4.74 Å². The fourth-order valence-corrected chi connectivity index (χ4v) is 2.13. The van der Waals surface area contributed by atoms with E-state index >= 15 is 0 Å². The van der Waals surface area contributed by atoms with Crippen LogP contribution in [0.1, 0.15) is 35.0 Å². The molecule has 104 valence electrons. The molecule has 0 saturated carbocycles.